The quantitative estimate of drug-likeness (QED) is 0.772. The zero-order valence-electron chi connectivity index (χ0n) is 14.2. The zero-order chi connectivity index (χ0) is 17.5. The lowest BCUT2D eigenvalue weighted by Crippen LogP contribution is -2.49. The van der Waals surface area contributed by atoms with Crippen LogP contribution in [0.3, 0.4) is 0 Å². The molecule has 0 spiro atoms. The Kier molecular flexibility index (Phi) is 6.14. The number of aromatic nitrogens is 1. The van der Waals surface area contributed by atoms with Crippen molar-refractivity contribution in [2.24, 2.45) is 5.92 Å². The van der Waals surface area contributed by atoms with Crippen LogP contribution in [0.4, 0.5) is 0 Å². The number of aliphatic hydroxyl groups is 1. The lowest BCUT2D eigenvalue weighted by Gasteiger charge is -2.38. The highest BCUT2D eigenvalue weighted by Crippen LogP contribution is 2.31. The molecule has 1 heterocycles. The number of hydrogen-bond donors (Lipinski definition) is 2. The van der Waals surface area contributed by atoms with Gasteiger partial charge in [0, 0.05) is 18.4 Å². The van der Waals surface area contributed by atoms with Crippen LogP contribution in [0, 0.1) is 5.92 Å². The SMILES string of the molecule is O=C(COCc1ccccc1)N[C@H](Cc1ccncc1)C1CC(O)C1. The van der Waals surface area contributed by atoms with E-state index in [1.165, 1.54) is 0 Å². The molecule has 25 heavy (non-hydrogen) atoms. The fourth-order valence-corrected chi connectivity index (χ4v) is 3.15. The van der Waals surface area contributed by atoms with Crippen LogP contribution in [0.2, 0.25) is 0 Å². The molecular formula is C20H24N2O3. The number of rotatable bonds is 8. The molecule has 1 aliphatic rings. The third kappa shape index (κ3) is 5.37. The lowest BCUT2D eigenvalue weighted by atomic mass is 9.75. The number of carbonyl (C=O) groups is 1. The van der Waals surface area contributed by atoms with E-state index in [1.54, 1.807) is 12.4 Å². The Bertz CT molecular complexity index is 657. The summed E-state index contributed by atoms with van der Waals surface area (Å²) in [5.74, 6) is 0.192. The first-order chi connectivity index (χ1) is 12.2. The Morgan fingerprint density at radius 3 is 2.56 bits per heavy atom. The van der Waals surface area contributed by atoms with Gasteiger partial charge in [-0.3, -0.25) is 9.78 Å². The summed E-state index contributed by atoms with van der Waals surface area (Å²) >= 11 is 0. The van der Waals surface area contributed by atoms with Crippen molar-refractivity contribution < 1.29 is 14.6 Å². The summed E-state index contributed by atoms with van der Waals surface area (Å²) in [6.45, 7) is 0.461. The fourth-order valence-electron chi connectivity index (χ4n) is 3.15. The van der Waals surface area contributed by atoms with Gasteiger partial charge >= 0.3 is 0 Å². The molecule has 0 unspecified atom stereocenters. The zero-order valence-corrected chi connectivity index (χ0v) is 14.2. The van der Waals surface area contributed by atoms with E-state index in [9.17, 15) is 9.90 Å². The first-order valence-corrected chi connectivity index (χ1v) is 8.68. The molecule has 0 bridgehead atoms. The smallest absolute Gasteiger partial charge is 0.246 e. The topological polar surface area (TPSA) is 71.5 Å². The molecule has 132 valence electrons. The lowest BCUT2D eigenvalue weighted by molar-refractivity contribution is -0.128. The van der Waals surface area contributed by atoms with E-state index in [1.807, 2.05) is 42.5 Å². The number of pyridine rings is 1. The highest BCUT2D eigenvalue weighted by Gasteiger charge is 2.34. The number of amides is 1. The van der Waals surface area contributed by atoms with Crippen LogP contribution in [-0.4, -0.2) is 34.8 Å². The summed E-state index contributed by atoms with van der Waals surface area (Å²) in [7, 11) is 0. The summed E-state index contributed by atoms with van der Waals surface area (Å²) in [5.41, 5.74) is 2.18. The van der Waals surface area contributed by atoms with E-state index < -0.39 is 0 Å². The van der Waals surface area contributed by atoms with Crippen LogP contribution >= 0.6 is 0 Å². The highest BCUT2D eigenvalue weighted by atomic mass is 16.5. The maximum atomic E-state index is 12.2. The number of nitrogens with zero attached hydrogens (tertiary/aromatic N) is 1. The van der Waals surface area contributed by atoms with Crippen LogP contribution < -0.4 is 5.32 Å². The van der Waals surface area contributed by atoms with Crippen molar-refractivity contribution >= 4 is 5.91 Å². The maximum Gasteiger partial charge on any atom is 0.246 e. The van der Waals surface area contributed by atoms with Gasteiger partial charge in [-0.15, -0.1) is 0 Å². The standard InChI is InChI=1S/C20H24N2O3/c23-18-11-17(12-18)19(10-15-6-8-21-9-7-15)22-20(24)14-25-13-16-4-2-1-3-5-16/h1-9,17-19,23H,10-14H2,(H,22,24)/t17?,18?,19-/m1/s1. The number of carbonyl (C=O) groups excluding carboxylic acids is 1. The molecule has 5 nitrogen and oxygen atoms in total. The number of aliphatic hydroxyl groups excluding tert-OH is 1. The minimum atomic E-state index is -0.240. The Labute approximate surface area is 148 Å². The molecule has 5 heteroatoms. The van der Waals surface area contributed by atoms with Crippen molar-refractivity contribution in [1.29, 1.82) is 0 Å². The number of nitrogens with one attached hydrogen (secondary N) is 1. The van der Waals surface area contributed by atoms with Gasteiger partial charge in [0.05, 0.1) is 12.7 Å². The van der Waals surface area contributed by atoms with E-state index in [2.05, 4.69) is 10.3 Å². The van der Waals surface area contributed by atoms with Crippen molar-refractivity contribution in [3.8, 4) is 0 Å². The van der Waals surface area contributed by atoms with Crippen LogP contribution in [0.25, 0.3) is 0 Å². The summed E-state index contributed by atoms with van der Waals surface area (Å²) in [5, 5.41) is 12.7. The number of benzene rings is 1. The van der Waals surface area contributed by atoms with E-state index in [0.717, 1.165) is 30.4 Å². The van der Waals surface area contributed by atoms with Crippen molar-refractivity contribution in [3.05, 3.63) is 66.0 Å². The molecule has 2 aromatic rings. The minimum Gasteiger partial charge on any atom is -0.393 e. The second-order valence-electron chi connectivity index (χ2n) is 6.60. The van der Waals surface area contributed by atoms with Crippen molar-refractivity contribution in [3.63, 3.8) is 0 Å². The van der Waals surface area contributed by atoms with E-state index in [0.29, 0.717) is 12.5 Å². The van der Waals surface area contributed by atoms with E-state index >= 15 is 0 Å². The molecule has 3 rings (SSSR count). The van der Waals surface area contributed by atoms with Gasteiger partial charge in [0.25, 0.3) is 0 Å². The third-order valence-corrected chi connectivity index (χ3v) is 4.61. The molecule has 0 aliphatic heterocycles. The van der Waals surface area contributed by atoms with Gasteiger partial charge in [0.1, 0.15) is 6.61 Å². The Morgan fingerprint density at radius 1 is 1.16 bits per heavy atom. The number of hydrogen-bond acceptors (Lipinski definition) is 4. The molecule has 1 atom stereocenters. The van der Waals surface area contributed by atoms with Crippen LogP contribution in [0.5, 0.6) is 0 Å². The highest BCUT2D eigenvalue weighted by molar-refractivity contribution is 5.77. The van der Waals surface area contributed by atoms with Gasteiger partial charge in [0.15, 0.2) is 0 Å². The third-order valence-electron chi connectivity index (χ3n) is 4.61. The monoisotopic (exact) mass is 340 g/mol. The van der Waals surface area contributed by atoms with Crippen LogP contribution in [-0.2, 0) is 22.6 Å². The molecule has 1 fully saturated rings. The number of ether oxygens (including phenoxy) is 1. The Morgan fingerprint density at radius 2 is 1.88 bits per heavy atom. The van der Waals surface area contributed by atoms with E-state index in [-0.39, 0.29) is 24.7 Å². The average Bonchev–Trinajstić information content (AvgIpc) is 2.60. The molecule has 1 aromatic heterocycles. The molecule has 2 N–H and O–H groups in total. The predicted molar refractivity (Wildman–Crippen MR) is 94.7 cm³/mol. The minimum absolute atomic E-state index is 0.0126. The van der Waals surface area contributed by atoms with Crippen molar-refractivity contribution in [1.82, 2.24) is 10.3 Å². The molecule has 1 saturated carbocycles. The Balaban J connectivity index is 1.49. The van der Waals surface area contributed by atoms with Gasteiger partial charge in [-0.05, 0) is 48.4 Å². The van der Waals surface area contributed by atoms with Gasteiger partial charge in [-0.1, -0.05) is 30.3 Å². The fraction of sp³-hybridized carbons (Fsp3) is 0.400. The molecule has 1 aromatic carbocycles. The van der Waals surface area contributed by atoms with Gasteiger partial charge in [0.2, 0.25) is 5.91 Å². The summed E-state index contributed by atoms with van der Waals surface area (Å²) in [6.07, 6.45) is 5.49. The molecule has 0 saturated heterocycles. The summed E-state index contributed by atoms with van der Waals surface area (Å²) in [6, 6.07) is 13.7. The Hall–Kier alpha value is -2.24. The van der Waals surface area contributed by atoms with Crippen LogP contribution in [0.15, 0.2) is 54.9 Å². The van der Waals surface area contributed by atoms with E-state index in [4.69, 9.17) is 4.74 Å². The van der Waals surface area contributed by atoms with Crippen molar-refractivity contribution in [2.75, 3.05) is 6.61 Å². The molecule has 0 radical (unpaired) electrons. The van der Waals surface area contributed by atoms with Crippen LogP contribution in [0.1, 0.15) is 24.0 Å². The summed E-state index contributed by atoms with van der Waals surface area (Å²) in [4.78, 5) is 16.3. The first-order valence-electron chi connectivity index (χ1n) is 8.68. The van der Waals surface area contributed by atoms with Gasteiger partial charge in [-0.25, -0.2) is 0 Å². The largest absolute Gasteiger partial charge is 0.393 e. The first kappa shape index (κ1) is 17.6. The maximum absolute atomic E-state index is 12.2. The molecule has 1 aliphatic carbocycles. The molecular weight excluding hydrogens is 316 g/mol. The van der Waals surface area contributed by atoms with Gasteiger partial charge in [-0.2, -0.15) is 0 Å². The second kappa shape index (κ2) is 8.74. The molecule has 1 amide bonds. The van der Waals surface area contributed by atoms with Gasteiger partial charge < -0.3 is 15.2 Å². The van der Waals surface area contributed by atoms with Crippen molar-refractivity contribution in [2.45, 2.75) is 38.0 Å². The average molecular weight is 340 g/mol. The normalized spacial score (nSPS) is 20.5. The predicted octanol–water partition coefficient (Wildman–Crippen LogP) is 2.10. The second-order valence-corrected chi connectivity index (χ2v) is 6.60. The summed E-state index contributed by atoms with van der Waals surface area (Å²) < 4.78 is 5.51.